The molecule has 224 valence electrons. The van der Waals surface area contributed by atoms with Crippen molar-refractivity contribution >= 4 is 18.0 Å². The van der Waals surface area contributed by atoms with Gasteiger partial charge in [-0.25, -0.2) is 4.79 Å². The highest BCUT2D eigenvalue weighted by Gasteiger charge is 2.19. The molecule has 13 nitrogen and oxygen atoms in total. The molecule has 0 atom stereocenters. The Labute approximate surface area is 226 Å². The molecule has 0 aromatic carbocycles. The highest BCUT2D eigenvalue weighted by atomic mass is 16.6. The van der Waals surface area contributed by atoms with Crippen LogP contribution >= 0.6 is 0 Å². The van der Waals surface area contributed by atoms with Gasteiger partial charge in [-0.05, 0) is 27.2 Å². The van der Waals surface area contributed by atoms with Gasteiger partial charge in [-0.2, -0.15) is 0 Å². The summed E-state index contributed by atoms with van der Waals surface area (Å²) < 4.78 is 37.8. The predicted molar refractivity (Wildman–Crippen MR) is 138 cm³/mol. The van der Waals surface area contributed by atoms with E-state index in [0.29, 0.717) is 98.8 Å². The number of amides is 2. The van der Waals surface area contributed by atoms with Crippen molar-refractivity contribution in [3.63, 3.8) is 0 Å². The van der Waals surface area contributed by atoms with Crippen LogP contribution in [0.1, 0.15) is 40.0 Å². The molecule has 0 aromatic rings. The minimum atomic E-state index is -0.984. The smallest absolute Gasteiger partial charge is 0.410 e. The fraction of sp³-hybridized carbons (Fsp3) is 0.880. The first kappa shape index (κ1) is 36.0. The maximum Gasteiger partial charge on any atom is 0.410 e. The average molecular weight is 553 g/mol. The molecule has 0 heterocycles. The van der Waals surface area contributed by atoms with Crippen molar-refractivity contribution in [3.05, 3.63) is 0 Å². The van der Waals surface area contributed by atoms with Crippen LogP contribution in [0.5, 0.6) is 0 Å². The molecule has 0 fully saturated rings. The Morgan fingerprint density at radius 2 is 1.11 bits per heavy atom. The lowest BCUT2D eigenvalue weighted by molar-refractivity contribution is -0.138. The Bertz CT molecular complexity index is 615. The summed E-state index contributed by atoms with van der Waals surface area (Å²) >= 11 is 0. The van der Waals surface area contributed by atoms with E-state index in [4.69, 9.17) is 38.3 Å². The van der Waals surface area contributed by atoms with E-state index in [1.54, 1.807) is 7.05 Å². The second-order valence-electron chi connectivity index (χ2n) is 9.17. The van der Waals surface area contributed by atoms with E-state index in [0.717, 1.165) is 0 Å². The van der Waals surface area contributed by atoms with Gasteiger partial charge in [-0.15, -0.1) is 0 Å². The highest BCUT2D eigenvalue weighted by molar-refractivity contribution is 5.80. The van der Waals surface area contributed by atoms with Crippen molar-refractivity contribution in [2.75, 3.05) is 99.4 Å². The molecule has 2 N–H and O–H groups in total. The van der Waals surface area contributed by atoms with Crippen molar-refractivity contribution in [1.29, 1.82) is 0 Å². The summed E-state index contributed by atoms with van der Waals surface area (Å²) in [6.45, 7) is 11.8. The van der Waals surface area contributed by atoms with Crippen LogP contribution in [-0.2, 0) is 42.7 Å². The molecule has 0 unspecified atom stereocenters. The fourth-order valence-corrected chi connectivity index (χ4v) is 2.55. The Morgan fingerprint density at radius 3 is 1.53 bits per heavy atom. The second-order valence-corrected chi connectivity index (χ2v) is 9.17. The molecule has 0 saturated carbocycles. The minimum absolute atomic E-state index is 0.0111. The Balaban J connectivity index is 3.23. The monoisotopic (exact) mass is 552 g/mol. The number of carboxylic acids is 1. The van der Waals surface area contributed by atoms with E-state index >= 15 is 0 Å². The molecule has 0 aliphatic rings. The van der Waals surface area contributed by atoms with E-state index < -0.39 is 11.6 Å². The van der Waals surface area contributed by atoms with Crippen LogP contribution in [0.2, 0.25) is 0 Å². The quantitative estimate of drug-likeness (QED) is 0.158. The molecule has 0 bridgehead atoms. The van der Waals surface area contributed by atoms with E-state index in [9.17, 15) is 14.4 Å². The Kier molecular flexibility index (Phi) is 22.8. The second kappa shape index (κ2) is 24.0. The van der Waals surface area contributed by atoms with E-state index in [2.05, 4.69) is 5.32 Å². The van der Waals surface area contributed by atoms with Crippen molar-refractivity contribution < 1.29 is 52.6 Å². The van der Waals surface area contributed by atoms with Crippen molar-refractivity contribution in [2.24, 2.45) is 0 Å². The molecule has 0 saturated heterocycles. The third-order valence-corrected chi connectivity index (χ3v) is 4.49. The van der Waals surface area contributed by atoms with Crippen molar-refractivity contribution in [1.82, 2.24) is 10.2 Å². The van der Waals surface area contributed by atoms with Crippen LogP contribution in [0.15, 0.2) is 0 Å². The molecule has 38 heavy (non-hydrogen) atoms. The number of nitrogens with zero attached hydrogens (tertiary/aromatic N) is 1. The summed E-state index contributed by atoms with van der Waals surface area (Å²) in [5, 5.41) is 11.1. The van der Waals surface area contributed by atoms with Gasteiger partial charge >= 0.3 is 12.1 Å². The number of carbonyl (C=O) groups is 3. The minimum Gasteiger partial charge on any atom is -0.481 e. The summed E-state index contributed by atoms with van der Waals surface area (Å²) in [5.41, 5.74) is -0.515. The summed E-state index contributed by atoms with van der Waals surface area (Å²) in [7, 11) is 1.67. The first-order valence-electron chi connectivity index (χ1n) is 13.0. The number of carbonyl (C=O) groups excluding carboxylic acids is 2. The number of ether oxygens (including phenoxy) is 7. The molecule has 0 aliphatic carbocycles. The van der Waals surface area contributed by atoms with Crippen LogP contribution in [0.3, 0.4) is 0 Å². The number of likely N-dealkylation sites (N-methyl/N-ethyl adjacent to an activating group) is 1. The van der Waals surface area contributed by atoms with Gasteiger partial charge in [0, 0.05) is 33.2 Å². The van der Waals surface area contributed by atoms with Gasteiger partial charge in [0.2, 0.25) is 5.91 Å². The zero-order chi connectivity index (χ0) is 28.5. The van der Waals surface area contributed by atoms with E-state index in [-0.39, 0.29) is 24.8 Å². The normalized spacial score (nSPS) is 11.4. The molecular formula is C25H48N2O11. The lowest BCUT2D eigenvalue weighted by atomic mass is 10.2. The van der Waals surface area contributed by atoms with Crippen LogP contribution in [0.25, 0.3) is 0 Å². The summed E-state index contributed by atoms with van der Waals surface area (Å²) in [4.78, 5) is 35.0. The third kappa shape index (κ3) is 27.0. The van der Waals surface area contributed by atoms with Crippen molar-refractivity contribution in [2.45, 2.75) is 45.6 Å². The third-order valence-electron chi connectivity index (χ3n) is 4.49. The van der Waals surface area contributed by atoms with E-state index in [1.165, 1.54) is 4.90 Å². The first-order chi connectivity index (χ1) is 18.1. The van der Waals surface area contributed by atoms with Gasteiger partial charge in [0.25, 0.3) is 0 Å². The Morgan fingerprint density at radius 1 is 0.684 bits per heavy atom. The zero-order valence-electron chi connectivity index (χ0n) is 23.5. The number of carboxylic acid groups (broad SMARTS) is 1. The molecule has 0 aromatic heterocycles. The lowest BCUT2D eigenvalue weighted by Crippen LogP contribution is -2.36. The van der Waals surface area contributed by atoms with Gasteiger partial charge in [-0.1, -0.05) is 0 Å². The predicted octanol–water partition coefficient (Wildman–Crippen LogP) is 1.32. The lowest BCUT2D eigenvalue weighted by Gasteiger charge is -2.24. The number of aliphatic carboxylic acids is 1. The molecule has 2 amide bonds. The molecule has 13 heteroatoms. The summed E-state index contributed by atoms with van der Waals surface area (Å²) in [6, 6.07) is 0. The zero-order valence-corrected chi connectivity index (χ0v) is 23.5. The largest absolute Gasteiger partial charge is 0.481 e. The fourth-order valence-electron chi connectivity index (χ4n) is 2.55. The van der Waals surface area contributed by atoms with Crippen LogP contribution in [-0.4, -0.2) is 133 Å². The highest BCUT2D eigenvalue weighted by Crippen LogP contribution is 2.08. The van der Waals surface area contributed by atoms with E-state index in [1.807, 2.05) is 20.8 Å². The number of hydrogen-bond donors (Lipinski definition) is 2. The maximum atomic E-state index is 11.8. The maximum absolute atomic E-state index is 11.8. The van der Waals surface area contributed by atoms with Crippen LogP contribution in [0, 0.1) is 0 Å². The molecule has 0 spiro atoms. The number of nitrogens with one attached hydrogen (secondary N) is 1. The number of rotatable bonds is 25. The Hall–Kier alpha value is -2.03. The topological polar surface area (TPSA) is 151 Å². The summed E-state index contributed by atoms with van der Waals surface area (Å²) in [6.07, 6.45) is 0.101. The van der Waals surface area contributed by atoms with Crippen LogP contribution < -0.4 is 5.32 Å². The summed E-state index contributed by atoms with van der Waals surface area (Å²) in [5.74, 6) is -1.25. The van der Waals surface area contributed by atoms with Gasteiger partial charge in [0.15, 0.2) is 0 Å². The van der Waals surface area contributed by atoms with Crippen molar-refractivity contribution in [3.8, 4) is 0 Å². The average Bonchev–Trinajstić information content (AvgIpc) is 2.84. The van der Waals surface area contributed by atoms with Gasteiger partial charge in [-0.3, -0.25) is 9.59 Å². The SMILES string of the molecule is CN(CCOCCOCCOCCOCCOCCOCCCNC(=O)CCC(=O)O)C(=O)OC(C)(C)C. The van der Waals surface area contributed by atoms with Crippen LogP contribution in [0.4, 0.5) is 4.79 Å². The first-order valence-corrected chi connectivity index (χ1v) is 13.0. The standard InChI is InChI=1S/C25H48N2O11/c1-25(2,3)38-24(31)27(4)9-11-33-13-15-35-17-19-37-21-20-36-18-16-34-14-12-32-10-5-8-26-22(28)6-7-23(29)30/h5-21H2,1-4H3,(H,26,28)(H,29,30). The molecule has 0 aliphatic heterocycles. The van der Waals surface area contributed by atoms with Gasteiger partial charge in [0.05, 0.1) is 79.1 Å². The van der Waals surface area contributed by atoms with Gasteiger partial charge in [0.1, 0.15) is 5.60 Å². The number of hydrogen-bond acceptors (Lipinski definition) is 10. The molecular weight excluding hydrogens is 504 g/mol. The van der Waals surface area contributed by atoms with Gasteiger partial charge < -0.3 is 48.5 Å². The molecule has 0 rings (SSSR count). The molecule has 0 radical (unpaired) electrons.